The molecule has 0 atom stereocenters. The van der Waals surface area contributed by atoms with Gasteiger partial charge in [-0.15, -0.1) is 11.3 Å². The molecule has 0 aliphatic rings. The number of thiazole rings is 1. The number of carbonyl (C=O) groups is 2. The van der Waals surface area contributed by atoms with Crippen LogP contribution in [0.4, 0.5) is 15.6 Å². The fraction of sp³-hybridized carbons (Fsp3) is 0.312. The highest BCUT2D eigenvalue weighted by Gasteiger charge is 2.15. The number of urea groups is 1. The zero-order valence-electron chi connectivity index (χ0n) is 13.6. The van der Waals surface area contributed by atoms with Crippen LogP contribution in [0.5, 0.6) is 0 Å². The molecule has 0 aliphatic carbocycles. The second kappa shape index (κ2) is 7.63. The topological polar surface area (TPSA) is 83.1 Å². The van der Waals surface area contributed by atoms with Gasteiger partial charge in [-0.1, -0.05) is 17.7 Å². The van der Waals surface area contributed by atoms with Crippen molar-refractivity contribution in [2.75, 3.05) is 10.6 Å². The number of aromatic nitrogens is 1. The van der Waals surface area contributed by atoms with Crippen molar-refractivity contribution >= 4 is 45.7 Å². The summed E-state index contributed by atoms with van der Waals surface area (Å²) in [6.07, 6.45) is 0.172. The summed E-state index contributed by atoms with van der Waals surface area (Å²) in [6, 6.07) is 6.42. The van der Waals surface area contributed by atoms with Crippen molar-refractivity contribution in [3.8, 4) is 0 Å². The molecule has 0 unspecified atom stereocenters. The van der Waals surface area contributed by atoms with Gasteiger partial charge in [-0.2, -0.15) is 0 Å². The van der Waals surface area contributed by atoms with Gasteiger partial charge in [0.15, 0.2) is 5.13 Å². The Hall–Kier alpha value is -2.12. The first-order valence-corrected chi connectivity index (χ1v) is 8.56. The third-order valence-corrected chi connectivity index (χ3v) is 3.75. The molecule has 0 spiro atoms. The third-order valence-electron chi connectivity index (χ3n) is 2.71. The van der Waals surface area contributed by atoms with E-state index in [0.717, 1.165) is 0 Å². The SMILES string of the molecule is CC(C)(C)NC(=O)Cc1csc(NC(=O)Nc2cccc(Cl)c2)n1. The molecule has 0 radical (unpaired) electrons. The summed E-state index contributed by atoms with van der Waals surface area (Å²) >= 11 is 7.13. The molecule has 128 valence electrons. The van der Waals surface area contributed by atoms with Gasteiger partial charge < -0.3 is 10.6 Å². The maximum atomic E-state index is 11.9. The van der Waals surface area contributed by atoms with Crippen molar-refractivity contribution in [1.82, 2.24) is 10.3 Å². The van der Waals surface area contributed by atoms with Crippen molar-refractivity contribution in [2.45, 2.75) is 32.7 Å². The molecule has 0 saturated carbocycles. The molecule has 24 heavy (non-hydrogen) atoms. The summed E-state index contributed by atoms with van der Waals surface area (Å²) in [5.41, 5.74) is 0.909. The second-order valence-corrected chi connectivity index (χ2v) is 7.50. The molecule has 1 heterocycles. The van der Waals surface area contributed by atoms with Crippen molar-refractivity contribution in [3.05, 3.63) is 40.4 Å². The molecule has 1 aromatic heterocycles. The first kappa shape index (κ1) is 18.2. The van der Waals surface area contributed by atoms with Crippen LogP contribution in [0, 0.1) is 0 Å². The average Bonchev–Trinajstić information content (AvgIpc) is 2.83. The number of carbonyl (C=O) groups excluding carboxylic acids is 2. The van der Waals surface area contributed by atoms with Crippen LogP contribution >= 0.6 is 22.9 Å². The van der Waals surface area contributed by atoms with E-state index in [4.69, 9.17) is 11.6 Å². The van der Waals surface area contributed by atoms with Crippen LogP contribution in [0.2, 0.25) is 5.02 Å². The number of anilines is 2. The number of hydrogen-bond acceptors (Lipinski definition) is 4. The molecule has 0 bridgehead atoms. The Morgan fingerprint density at radius 1 is 1.25 bits per heavy atom. The fourth-order valence-corrected chi connectivity index (χ4v) is 2.79. The highest BCUT2D eigenvalue weighted by Crippen LogP contribution is 2.18. The van der Waals surface area contributed by atoms with E-state index in [0.29, 0.717) is 21.5 Å². The quantitative estimate of drug-likeness (QED) is 0.767. The smallest absolute Gasteiger partial charge is 0.325 e. The normalized spacial score (nSPS) is 11.0. The number of nitrogens with zero attached hydrogens (tertiary/aromatic N) is 1. The van der Waals surface area contributed by atoms with Crippen molar-refractivity contribution < 1.29 is 9.59 Å². The molecule has 8 heteroatoms. The van der Waals surface area contributed by atoms with Crippen molar-refractivity contribution in [1.29, 1.82) is 0 Å². The zero-order chi connectivity index (χ0) is 17.7. The Labute approximate surface area is 149 Å². The standard InChI is InChI=1S/C16H19ClN4O2S/c1-16(2,3)21-13(22)8-12-9-24-15(19-12)20-14(23)18-11-6-4-5-10(17)7-11/h4-7,9H,8H2,1-3H3,(H,21,22)(H2,18,19,20,23). The number of rotatable bonds is 4. The lowest BCUT2D eigenvalue weighted by Crippen LogP contribution is -2.41. The number of halogens is 1. The van der Waals surface area contributed by atoms with Crippen molar-refractivity contribution in [3.63, 3.8) is 0 Å². The van der Waals surface area contributed by atoms with Gasteiger partial charge >= 0.3 is 6.03 Å². The molecule has 0 aliphatic heterocycles. The summed E-state index contributed by atoms with van der Waals surface area (Å²) in [5, 5.41) is 10.9. The number of amides is 3. The molecule has 1 aromatic carbocycles. The summed E-state index contributed by atoms with van der Waals surface area (Å²) in [4.78, 5) is 28.0. The van der Waals surface area contributed by atoms with E-state index in [1.54, 1.807) is 29.6 Å². The molecule has 2 rings (SSSR count). The molecule has 0 saturated heterocycles. The molecule has 2 aromatic rings. The first-order chi connectivity index (χ1) is 11.2. The Kier molecular flexibility index (Phi) is 5.80. The lowest BCUT2D eigenvalue weighted by molar-refractivity contribution is -0.121. The van der Waals surface area contributed by atoms with Crippen LogP contribution in [-0.4, -0.2) is 22.5 Å². The van der Waals surface area contributed by atoms with E-state index in [1.807, 2.05) is 20.8 Å². The molecule has 0 fully saturated rings. The van der Waals surface area contributed by atoms with Gasteiger partial charge in [0.25, 0.3) is 0 Å². The predicted molar refractivity (Wildman–Crippen MR) is 97.8 cm³/mol. The summed E-state index contributed by atoms with van der Waals surface area (Å²) in [6.45, 7) is 5.75. The Morgan fingerprint density at radius 3 is 2.67 bits per heavy atom. The lowest BCUT2D eigenvalue weighted by atomic mass is 10.1. The van der Waals surface area contributed by atoms with E-state index < -0.39 is 6.03 Å². The Morgan fingerprint density at radius 2 is 2.00 bits per heavy atom. The monoisotopic (exact) mass is 366 g/mol. The van der Waals surface area contributed by atoms with Crippen LogP contribution < -0.4 is 16.0 Å². The van der Waals surface area contributed by atoms with Gasteiger partial charge in [0, 0.05) is 21.6 Å². The van der Waals surface area contributed by atoms with Crippen LogP contribution in [0.1, 0.15) is 26.5 Å². The number of benzene rings is 1. The van der Waals surface area contributed by atoms with Gasteiger partial charge in [0.05, 0.1) is 12.1 Å². The van der Waals surface area contributed by atoms with Gasteiger partial charge in [0.2, 0.25) is 5.91 Å². The van der Waals surface area contributed by atoms with E-state index >= 15 is 0 Å². The summed E-state index contributed by atoms with van der Waals surface area (Å²) < 4.78 is 0. The van der Waals surface area contributed by atoms with Gasteiger partial charge in [-0.3, -0.25) is 10.1 Å². The minimum absolute atomic E-state index is 0.109. The van der Waals surface area contributed by atoms with Crippen molar-refractivity contribution in [2.24, 2.45) is 0 Å². The average molecular weight is 367 g/mol. The summed E-state index contributed by atoms with van der Waals surface area (Å²) in [5.74, 6) is -0.109. The predicted octanol–water partition coefficient (Wildman–Crippen LogP) is 3.90. The van der Waals surface area contributed by atoms with Crippen LogP contribution in [0.25, 0.3) is 0 Å². The van der Waals surface area contributed by atoms with Crippen LogP contribution in [0.3, 0.4) is 0 Å². The van der Waals surface area contributed by atoms with E-state index in [1.165, 1.54) is 11.3 Å². The Balaban J connectivity index is 1.89. The van der Waals surface area contributed by atoms with Gasteiger partial charge in [-0.25, -0.2) is 9.78 Å². The van der Waals surface area contributed by atoms with E-state index in [9.17, 15) is 9.59 Å². The van der Waals surface area contributed by atoms with Crippen LogP contribution in [0.15, 0.2) is 29.6 Å². The zero-order valence-corrected chi connectivity index (χ0v) is 15.2. The molecule has 3 N–H and O–H groups in total. The molecule has 6 nitrogen and oxygen atoms in total. The third kappa shape index (κ3) is 6.17. The molecule has 3 amide bonds. The number of hydrogen-bond donors (Lipinski definition) is 3. The van der Waals surface area contributed by atoms with E-state index in [2.05, 4.69) is 20.9 Å². The number of nitrogens with one attached hydrogen (secondary N) is 3. The highest BCUT2D eigenvalue weighted by atomic mass is 35.5. The highest BCUT2D eigenvalue weighted by molar-refractivity contribution is 7.14. The molecular formula is C16H19ClN4O2S. The minimum atomic E-state index is -0.419. The fourth-order valence-electron chi connectivity index (χ4n) is 1.90. The van der Waals surface area contributed by atoms with Crippen LogP contribution in [-0.2, 0) is 11.2 Å². The first-order valence-electron chi connectivity index (χ1n) is 7.30. The largest absolute Gasteiger partial charge is 0.351 e. The maximum Gasteiger partial charge on any atom is 0.325 e. The van der Waals surface area contributed by atoms with Gasteiger partial charge in [0.1, 0.15) is 0 Å². The van der Waals surface area contributed by atoms with Gasteiger partial charge in [-0.05, 0) is 39.0 Å². The second-order valence-electron chi connectivity index (χ2n) is 6.21. The maximum absolute atomic E-state index is 11.9. The Bertz CT molecular complexity index is 740. The minimum Gasteiger partial charge on any atom is -0.351 e. The molecular weight excluding hydrogens is 348 g/mol. The summed E-state index contributed by atoms with van der Waals surface area (Å²) in [7, 11) is 0. The van der Waals surface area contributed by atoms with E-state index in [-0.39, 0.29) is 17.9 Å². The lowest BCUT2D eigenvalue weighted by Gasteiger charge is -2.20.